The van der Waals surface area contributed by atoms with Gasteiger partial charge in [-0.25, -0.2) is 8.42 Å². The summed E-state index contributed by atoms with van der Waals surface area (Å²) in [5, 5.41) is 3.39. The molecule has 6 nitrogen and oxygen atoms in total. The first-order chi connectivity index (χ1) is 8.82. The van der Waals surface area contributed by atoms with Gasteiger partial charge in [0.05, 0.1) is 12.8 Å². The van der Waals surface area contributed by atoms with Gasteiger partial charge in [-0.2, -0.15) is 4.31 Å². The molecule has 1 spiro atoms. The number of nitrogens with zero attached hydrogens (tertiary/aromatic N) is 2. The maximum Gasteiger partial charge on any atom is 0.237 e. The SMILES string of the molecule is CN(CC(=O)N1CCC2(CCNC2)CC1)S(C)(=O)=O.Cl. The van der Waals surface area contributed by atoms with Crippen molar-refractivity contribution in [1.82, 2.24) is 14.5 Å². The largest absolute Gasteiger partial charge is 0.342 e. The van der Waals surface area contributed by atoms with Gasteiger partial charge < -0.3 is 10.2 Å². The maximum absolute atomic E-state index is 12.1. The third kappa shape index (κ3) is 4.07. The first kappa shape index (κ1) is 17.7. The molecule has 1 amide bonds. The predicted molar refractivity (Wildman–Crippen MR) is 80.5 cm³/mol. The Labute approximate surface area is 127 Å². The molecule has 118 valence electrons. The number of hydrogen-bond acceptors (Lipinski definition) is 4. The van der Waals surface area contributed by atoms with E-state index in [2.05, 4.69) is 5.32 Å². The molecule has 0 aliphatic carbocycles. The Morgan fingerprint density at radius 3 is 2.35 bits per heavy atom. The van der Waals surface area contributed by atoms with Gasteiger partial charge in [-0.3, -0.25) is 4.79 Å². The van der Waals surface area contributed by atoms with Crippen LogP contribution in [0.3, 0.4) is 0 Å². The lowest BCUT2D eigenvalue weighted by molar-refractivity contribution is -0.133. The number of halogens is 1. The molecule has 20 heavy (non-hydrogen) atoms. The minimum atomic E-state index is -3.28. The van der Waals surface area contributed by atoms with E-state index in [-0.39, 0.29) is 24.9 Å². The topological polar surface area (TPSA) is 69.7 Å². The van der Waals surface area contributed by atoms with Crippen molar-refractivity contribution in [2.24, 2.45) is 5.41 Å². The minimum Gasteiger partial charge on any atom is -0.342 e. The zero-order valence-corrected chi connectivity index (χ0v) is 13.7. The van der Waals surface area contributed by atoms with Gasteiger partial charge in [0, 0.05) is 26.7 Å². The Kier molecular flexibility index (Phi) is 5.83. The van der Waals surface area contributed by atoms with Gasteiger partial charge in [-0.15, -0.1) is 12.4 Å². The van der Waals surface area contributed by atoms with Crippen LogP contribution in [0.4, 0.5) is 0 Å². The summed E-state index contributed by atoms with van der Waals surface area (Å²) in [5.74, 6) is -0.0891. The number of hydrogen-bond donors (Lipinski definition) is 1. The average Bonchev–Trinajstić information content (AvgIpc) is 2.77. The van der Waals surface area contributed by atoms with Crippen molar-refractivity contribution >= 4 is 28.3 Å². The molecule has 2 aliphatic rings. The first-order valence-corrected chi connectivity index (χ1v) is 8.57. The number of amides is 1. The standard InChI is InChI=1S/C12H23N3O3S.ClH/c1-14(19(2,17)18)9-11(16)15-7-4-12(5-8-15)3-6-13-10-12;/h13H,3-10H2,1-2H3;1H. The van der Waals surface area contributed by atoms with Crippen LogP contribution in [0.15, 0.2) is 0 Å². The van der Waals surface area contributed by atoms with E-state index in [9.17, 15) is 13.2 Å². The Balaban J connectivity index is 0.00000200. The van der Waals surface area contributed by atoms with Crippen molar-refractivity contribution in [2.75, 3.05) is 46.0 Å². The van der Waals surface area contributed by atoms with Gasteiger partial charge in [0.2, 0.25) is 15.9 Å². The van der Waals surface area contributed by atoms with Gasteiger partial charge in [0.1, 0.15) is 0 Å². The maximum atomic E-state index is 12.1. The van der Waals surface area contributed by atoms with Crippen LogP contribution in [-0.4, -0.2) is 69.6 Å². The number of likely N-dealkylation sites (tertiary alicyclic amines) is 1. The summed E-state index contributed by atoms with van der Waals surface area (Å²) >= 11 is 0. The summed E-state index contributed by atoms with van der Waals surface area (Å²) in [6, 6.07) is 0. The number of piperidine rings is 1. The van der Waals surface area contributed by atoms with E-state index in [0.29, 0.717) is 5.41 Å². The Morgan fingerprint density at radius 2 is 1.90 bits per heavy atom. The Bertz CT molecular complexity index is 439. The van der Waals surface area contributed by atoms with E-state index < -0.39 is 10.0 Å². The van der Waals surface area contributed by atoms with Gasteiger partial charge >= 0.3 is 0 Å². The van der Waals surface area contributed by atoms with E-state index >= 15 is 0 Å². The number of sulfonamides is 1. The second-order valence-electron chi connectivity index (χ2n) is 5.83. The number of nitrogens with one attached hydrogen (secondary N) is 1. The second-order valence-corrected chi connectivity index (χ2v) is 7.92. The molecule has 2 rings (SSSR count). The zero-order chi connectivity index (χ0) is 14.1. The summed E-state index contributed by atoms with van der Waals surface area (Å²) in [4.78, 5) is 13.9. The van der Waals surface area contributed by atoms with Gasteiger partial charge in [-0.1, -0.05) is 0 Å². The fourth-order valence-corrected chi connectivity index (χ4v) is 3.21. The normalized spacial score (nSPS) is 22.1. The number of carbonyl (C=O) groups is 1. The molecule has 0 saturated carbocycles. The van der Waals surface area contributed by atoms with Crippen molar-refractivity contribution in [3.05, 3.63) is 0 Å². The molecule has 0 aromatic heterocycles. The average molecular weight is 326 g/mol. The fourth-order valence-electron chi connectivity index (χ4n) is 2.86. The monoisotopic (exact) mass is 325 g/mol. The van der Waals surface area contributed by atoms with E-state index in [0.717, 1.165) is 49.6 Å². The summed E-state index contributed by atoms with van der Waals surface area (Å²) in [5.41, 5.74) is 0.375. The van der Waals surface area contributed by atoms with Crippen molar-refractivity contribution in [2.45, 2.75) is 19.3 Å². The highest BCUT2D eigenvalue weighted by molar-refractivity contribution is 7.88. The molecule has 2 heterocycles. The van der Waals surface area contributed by atoms with E-state index in [1.165, 1.54) is 13.5 Å². The summed E-state index contributed by atoms with van der Waals surface area (Å²) in [6.45, 7) is 3.57. The van der Waals surface area contributed by atoms with Crippen LogP contribution >= 0.6 is 12.4 Å². The smallest absolute Gasteiger partial charge is 0.237 e. The second kappa shape index (κ2) is 6.60. The Hall–Kier alpha value is -0.370. The van der Waals surface area contributed by atoms with Crippen LogP contribution in [0.1, 0.15) is 19.3 Å². The van der Waals surface area contributed by atoms with E-state index in [4.69, 9.17) is 0 Å². The van der Waals surface area contributed by atoms with Gasteiger partial charge in [0.15, 0.2) is 0 Å². The van der Waals surface area contributed by atoms with E-state index in [1.54, 1.807) is 4.90 Å². The Morgan fingerprint density at radius 1 is 1.30 bits per heavy atom. The molecule has 2 aliphatic heterocycles. The fraction of sp³-hybridized carbons (Fsp3) is 0.917. The predicted octanol–water partition coefficient (Wildman–Crippen LogP) is -0.0983. The highest BCUT2D eigenvalue weighted by Gasteiger charge is 2.38. The lowest BCUT2D eigenvalue weighted by Crippen LogP contribution is -2.47. The van der Waals surface area contributed by atoms with E-state index in [1.807, 2.05) is 0 Å². The number of likely N-dealkylation sites (N-methyl/N-ethyl adjacent to an activating group) is 1. The van der Waals surface area contributed by atoms with Gasteiger partial charge in [0.25, 0.3) is 0 Å². The summed E-state index contributed by atoms with van der Waals surface area (Å²) in [6.07, 6.45) is 4.36. The molecule has 0 aromatic rings. The lowest BCUT2D eigenvalue weighted by Gasteiger charge is -2.39. The minimum absolute atomic E-state index is 0. The third-order valence-electron chi connectivity index (χ3n) is 4.43. The molecule has 2 saturated heterocycles. The molecular weight excluding hydrogens is 302 g/mol. The molecular formula is C12H24ClN3O3S. The van der Waals surface area contributed by atoms with Crippen LogP contribution in [0.5, 0.6) is 0 Å². The molecule has 0 bridgehead atoms. The third-order valence-corrected chi connectivity index (χ3v) is 5.69. The van der Waals surface area contributed by atoms with Gasteiger partial charge in [-0.05, 0) is 31.2 Å². The van der Waals surface area contributed by atoms with Crippen LogP contribution in [0.2, 0.25) is 0 Å². The van der Waals surface area contributed by atoms with Crippen LogP contribution in [-0.2, 0) is 14.8 Å². The summed E-state index contributed by atoms with van der Waals surface area (Å²) < 4.78 is 23.7. The molecule has 1 N–H and O–H groups in total. The summed E-state index contributed by atoms with van der Waals surface area (Å²) in [7, 11) is -1.84. The van der Waals surface area contributed by atoms with Crippen LogP contribution < -0.4 is 5.32 Å². The highest BCUT2D eigenvalue weighted by atomic mass is 35.5. The molecule has 2 fully saturated rings. The lowest BCUT2D eigenvalue weighted by atomic mass is 9.78. The van der Waals surface area contributed by atoms with Crippen LogP contribution in [0, 0.1) is 5.41 Å². The molecule has 8 heteroatoms. The van der Waals surface area contributed by atoms with Crippen molar-refractivity contribution in [1.29, 1.82) is 0 Å². The van der Waals surface area contributed by atoms with Crippen molar-refractivity contribution in [3.63, 3.8) is 0 Å². The first-order valence-electron chi connectivity index (χ1n) is 6.72. The molecule has 0 radical (unpaired) electrons. The van der Waals surface area contributed by atoms with Crippen molar-refractivity contribution in [3.8, 4) is 0 Å². The van der Waals surface area contributed by atoms with Crippen molar-refractivity contribution < 1.29 is 13.2 Å². The zero-order valence-electron chi connectivity index (χ0n) is 12.1. The molecule has 0 atom stereocenters. The molecule has 0 aromatic carbocycles. The quantitative estimate of drug-likeness (QED) is 0.787. The number of rotatable bonds is 3. The molecule has 0 unspecified atom stereocenters. The van der Waals surface area contributed by atoms with Crippen LogP contribution in [0.25, 0.3) is 0 Å². The number of carbonyl (C=O) groups excluding carboxylic acids is 1. The highest BCUT2D eigenvalue weighted by Crippen LogP contribution is 2.36.